The van der Waals surface area contributed by atoms with Gasteiger partial charge in [-0.2, -0.15) is 0 Å². The van der Waals surface area contributed by atoms with E-state index in [1.165, 1.54) is 11.4 Å². The number of nitrogens with zero attached hydrogens (tertiary/aromatic N) is 1. The molecule has 1 aromatic rings. The van der Waals surface area contributed by atoms with E-state index in [1.54, 1.807) is 0 Å². The minimum atomic E-state index is 0.601. The van der Waals surface area contributed by atoms with E-state index in [0.717, 1.165) is 19.5 Å². The zero-order valence-corrected chi connectivity index (χ0v) is 10.1. The van der Waals surface area contributed by atoms with Crippen molar-refractivity contribution in [3.8, 4) is 0 Å². The van der Waals surface area contributed by atoms with E-state index >= 15 is 0 Å². The van der Waals surface area contributed by atoms with Gasteiger partial charge in [0.15, 0.2) is 0 Å². The Labute approximate surface area is 98.0 Å². The third-order valence-corrected chi connectivity index (χ3v) is 3.01. The number of para-hydroxylation sites is 1. The number of hydrogen-bond acceptors (Lipinski definition) is 2. The van der Waals surface area contributed by atoms with Crippen LogP contribution >= 0.6 is 0 Å². The normalized spacial score (nSPS) is 19.1. The van der Waals surface area contributed by atoms with E-state index in [9.17, 15) is 0 Å². The van der Waals surface area contributed by atoms with Crippen molar-refractivity contribution >= 4 is 5.69 Å². The van der Waals surface area contributed by atoms with Crippen LogP contribution < -0.4 is 10.2 Å². The molecular weight excluding hydrogens is 196 g/mol. The maximum atomic E-state index is 3.51. The van der Waals surface area contributed by atoms with Crippen molar-refractivity contribution in [3.63, 3.8) is 0 Å². The lowest BCUT2D eigenvalue weighted by Gasteiger charge is -2.24. The van der Waals surface area contributed by atoms with E-state index in [0.29, 0.717) is 6.04 Å². The van der Waals surface area contributed by atoms with Crippen LogP contribution in [0.5, 0.6) is 0 Å². The van der Waals surface area contributed by atoms with Gasteiger partial charge in [-0.3, -0.25) is 0 Å². The Morgan fingerprint density at radius 2 is 2.06 bits per heavy atom. The summed E-state index contributed by atoms with van der Waals surface area (Å²) in [4.78, 5) is 2.39. The Kier molecular flexibility index (Phi) is 3.50. The maximum absolute atomic E-state index is 3.51. The molecule has 0 saturated carbocycles. The smallest absolute Gasteiger partial charge is 0.0573 e. The Balaban J connectivity index is 2.02. The van der Waals surface area contributed by atoms with E-state index in [1.807, 2.05) is 0 Å². The van der Waals surface area contributed by atoms with Gasteiger partial charge in [0, 0.05) is 24.0 Å². The van der Waals surface area contributed by atoms with Gasteiger partial charge in [-0.25, -0.2) is 0 Å². The summed E-state index contributed by atoms with van der Waals surface area (Å²) in [5.41, 5.74) is 2.66. The highest BCUT2D eigenvalue weighted by molar-refractivity contribution is 5.47. The second kappa shape index (κ2) is 5.06. The third-order valence-electron chi connectivity index (χ3n) is 3.01. The van der Waals surface area contributed by atoms with Crippen LogP contribution in [-0.2, 0) is 0 Å². The van der Waals surface area contributed by atoms with E-state index in [4.69, 9.17) is 0 Å². The van der Waals surface area contributed by atoms with Gasteiger partial charge in [0.2, 0.25) is 0 Å². The summed E-state index contributed by atoms with van der Waals surface area (Å²) in [7, 11) is 0. The molecule has 2 heteroatoms. The summed E-state index contributed by atoms with van der Waals surface area (Å²) in [5, 5.41) is 3.51. The highest BCUT2D eigenvalue weighted by Gasteiger charge is 2.13. The predicted molar refractivity (Wildman–Crippen MR) is 69.6 cm³/mol. The van der Waals surface area contributed by atoms with Crippen molar-refractivity contribution in [1.29, 1.82) is 0 Å². The molecule has 1 N–H and O–H groups in total. The molecule has 2 rings (SSSR count). The fourth-order valence-corrected chi connectivity index (χ4v) is 2.09. The molecule has 0 fully saturated rings. The van der Waals surface area contributed by atoms with Crippen molar-refractivity contribution in [2.24, 2.45) is 0 Å². The summed E-state index contributed by atoms with van der Waals surface area (Å²) < 4.78 is 0. The van der Waals surface area contributed by atoms with Gasteiger partial charge in [-0.15, -0.1) is 0 Å². The average Bonchev–Trinajstić information content (AvgIpc) is 2.73. The first kappa shape index (κ1) is 11.1. The molecule has 0 radical (unpaired) electrons. The molecule has 0 amide bonds. The molecule has 0 saturated heterocycles. The SMILES string of the molecule is CCN(CC1=CCC(C)N1)c1ccccc1. The standard InChI is InChI=1S/C14H20N2/c1-3-16(14-7-5-4-6-8-14)11-13-10-9-12(2)15-13/h4-8,10,12,15H,3,9,11H2,1-2H3. The van der Waals surface area contributed by atoms with Crippen molar-refractivity contribution in [2.45, 2.75) is 26.3 Å². The van der Waals surface area contributed by atoms with Crippen molar-refractivity contribution in [3.05, 3.63) is 42.1 Å². The average molecular weight is 216 g/mol. The fraction of sp³-hybridized carbons (Fsp3) is 0.429. The second-order valence-corrected chi connectivity index (χ2v) is 4.36. The summed E-state index contributed by atoms with van der Waals surface area (Å²) in [6.45, 7) is 6.45. The summed E-state index contributed by atoms with van der Waals surface area (Å²) >= 11 is 0. The number of hydrogen-bond donors (Lipinski definition) is 1. The molecule has 2 nitrogen and oxygen atoms in total. The minimum Gasteiger partial charge on any atom is -0.384 e. The Hall–Kier alpha value is -1.44. The first-order valence-electron chi connectivity index (χ1n) is 6.05. The quantitative estimate of drug-likeness (QED) is 0.832. The Morgan fingerprint density at radius 3 is 2.62 bits per heavy atom. The fourth-order valence-electron chi connectivity index (χ4n) is 2.09. The molecule has 0 spiro atoms. The van der Waals surface area contributed by atoms with Crippen LogP contribution in [0.1, 0.15) is 20.3 Å². The number of likely N-dealkylation sites (N-methyl/N-ethyl adjacent to an activating group) is 1. The van der Waals surface area contributed by atoms with Crippen LogP contribution in [0, 0.1) is 0 Å². The predicted octanol–water partition coefficient (Wildman–Crippen LogP) is 2.78. The number of benzene rings is 1. The van der Waals surface area contributed by atoms with Gasteiger partial charge < -0.3 is 10.2 Å². The molecule has 1 unspecified atom stereocenters. The summed E-state index contributed by atoms with van der Waals surface area (Å²) in [5.74, 6) is 0. The molecule has 1 aliphatic heterocycles. The van der Waals surface area contributed by atoms with Gasteiger partial charge >= 0.3 is 0 Å². The van der Waals surface area contributed by atoms with Gasteiger partial charge in [0.05, 0.1) is 6.54 Å². The Bertz CT molecular complexity index is 356. The molecule has 0 aliphatic carbocycles. The van der Waals surface area contributed by atoms with Crippen molar-refractivity contribution in [1.82, 2.24) is 5.32 Å². The third kappa shape index (κ3) is 2.57. The molecule has 1 atom stereocenters. The van der Waals surface area contributed by atoms with Gasteiger partial charge in [-0.1, -0.05) is 24.3 Å². The summed E-state index contributed by atoms with van der Waals surface area (Å²) in [6.07, 6.45) is 3.47. The largest absolute Gasteiger partial charge is 0.384 e. The lowest BCUT2D eigenvalue weighted by Crippen LogP contribution is -2.30. The lowest BCUT2D eigenvalue weighted by atomic mass is 10.2. The molecular formula is C14H20N2. The maximum Gasteiger partial charge on any atom is 0.0573 e. The van der Waals surface area contributed by atoms with E-state index in [2.05, 4.69) is 60.5 Å². The number of rotatable bonds is 4. The molecule has 1 heterocycles. The number of nitrogens with one attached hydrogen (secondary N) is 1. The van der Waals surface area contributed by atoms with Gasteiger partial charge in [-0.05, 0) is 32.4 Å². The van der Waals surface area contributed by atoms with E-state index in [-0.39, 0.29) is 0 Å². The highest BCUT2D eigenvalue weighted by Crippen LogP contribution is 2.16. The van der Waals surface area contributed by atoms with E-state index < -0.39 is 0 Å². The Morgan fingerprint density at radius 1 is 1.31 bits per heavy atom. The minimum absolute atomic E-state index is 0.601. The first-order chi connectivity index (χ1) is 7.79. The molecule has 16 heavy (non-hydrogen) atoms. The van der Waals surface area contributed by atoms with Crippen LogP contribution in [0.25, 0.3) is 0 Å². The van der Waals surface area contributed by atoms with Gasteiger partial charge in [0.1, 0.15) is 0 Å². The zero-order chi connectivity index (χ0) is 11.4. The zero-order valence-electron chi connectivity index (χ0n) is 10.1. The van der Waals surface area contributed by atoms with Crippen LogP contribution in [0.2, 0.25) is 0 Å². The highest BCUT2D eigenvalue weighted by atomic mass is 15.1. The first-order valence-corrected chi connectivity index (χ1v) is 6.05. The van der Waals surface area contributed by atoms with Gasteiger partial charge in [0.25, 0.3) is 0 Å². The second-order valence-electron chi connectivity index (χ2n) is 4.36. The molecule has 1 aliphatic rings. The molecule has 86 valence electrons. The monoisotopic (exact) mass is 216 g/mol. The van der Waals surface area contributed by atoms with Crippen molar-refractivity contribution in [2.75, 3.05) is 18.0 Å². The van der Waals surface area contributed by atoms with Crippen LogP contribution in [0.3, 0.4) is 0 Å². The molecule has 0 aromatic heterocycles. The number of anilines is 1. The van der Waals surface area contributed by atoms with Crippen LogP contribution in [0.15, 0.2) is 42.1 Å². The lowest BCUT2D eigenvalue weighted by molar-refractivity contribution is 0.657. The molecule has 0 bridgehead atoms. The van der Waals surface area contributed by atoms with Crippen LogP contribution in [0.4, 0.5) is 5.69 Å². The van der Waals surface area contributed by atoms with Crippen LogP contribution in [-0.4, -0.2) is 19.1 Å². The van der Waals surface area contributed by atoms with Crippen molar-refractivity contribution < 1.29 is 0 Å². The molecule has 1 aromatic carbocycles. The topological polar surface area (TPSA) is 15.3 Å². The summed E-state index contributed by atoms with van der Waals surface area (Å²) in [6, 6.07) is 11.2.